The van der Waals surface area contributed by atoms with Crippen molar-refractivity contribution < 1.29 is 27.2 Å². The second-order valence-corrected chi connectivity index (χ2v) is 6.32. The molecule has 31 heavy (non-hydrogen) atoms. The van der Waals surface area contributed by atoms with Gasteiger partial charge in [0.05, 0.1) is 17.4 Å². The molecule has 4 rings (SSSR count). The first kappa shape index (κ1) is 20.1. The summed E-state index contributed by atoms with van der Waals surface area (Å²) < 4.78 is 56.7. The van der Waals surface area contributed by atoms with Crippen LogP contribution in [0.4, 0.5) is 23.2 Å². The van der Waals surface area contributed by atoms with Crippen LogP contribution in [0.2, 0.25) is 0 Å². The molecule has 1 amide bonds. The van der Waals surface area contributed by atoms with Crippen LogP contribution in [-0.2, 0) is 0 Å². The predicted octanol–water partition coefficient (Wildman–Crippen LogP) is 4.06. The van der Waals surface area contributed by atoms with E-state index in [4.69, 9.17) is 0 Å². The zero-order valence-electron chi connectivity index (χ0n) is 15.4. The zero-order valence-corrected chi connectivity index (χ0v) is 15.4. The minimum atomic E-state index is -1.74. The fourth-order valence-corrected chi connectivity index (χ4v) is 2.84. The molecular weight excluding hydrogens is 416 g/mol. The highest BCUT2D eigenvalue weighted by molar-refractivity contribution is 6.10. The molecule has 0 fully saturated rings. The first-order valence-corrected chi connectivity index (χ1v) is 8.71. The molecule has 0 radical (unpaired) electrons. The van der Waals surface area contributed by atoms with E-state index in [1.54, 1.807) is 0 Å². The summed E-state index contributed by atoms with van der Waals surface area (Å²) in [5.74, 6) is -7.79. The SMILES string of the molecule is O=C(Nc1cc(F)c(F)c(C(=O)c2cc3nccnc3cn2)c1F)c1cccc(F)c1. The van der Waals surface area contributed by atoms with E-state index in [0.29, 0.717) is 11.6 Å². The summed E-state index contributed by atoms with van der Waals surface area (Å²) in [5, 5.41) is 2.02. The summed E-state index contributed by atoms with van der Waals surface area (Å²) in [4.78, 5) is 36.7. The van der Waals surface area contributed by atoms with Gasteiger partial charge in [-0.2, -0.15) is 0 Å². The first-order valence-electron chi connectivity index (χ1n) is 8.71. The number of benzene rings is 2. The van der Waals surface area contributed by atoms with Crippen LogP contribution < -0.4 is 5.32 Å². The molecule has 6 nitrogen and oxygen atoms in total. The number of anilines is 1. The van der Waals surface area contributed by atoms with E-state index in [9.17, 15) is 27.2 Å². The third-order valence-corrected chi connectivity index (χ3v) is 4.31. The Bertz CT molecular complexity index is 1360. The number of aromatic nitrogens is 3. The predicted molar refractivity (Wildman–Crippen MR) is 101 cm³/mol. The molecule has 2 aromatic heterocycles. The van der Waals surface area contributed by atoms with Gasteiger partial charge in [-0.3, -0.25) is 24.5 Å². The fraction of sp³-hybridized carbons (Fsp3) is 0. The van der Waals surface area contributed by atoms with E-state index in [-0.39, 0.29) is 11.1 Å². The van der Waals surface area contributed by atoms with Gasteiger partial charge in [-0.1, -0.05) is 6.07 Å². The topological polar surface area (TPSA) is 84.8 Å². The quantitative estimate of drug-likeness (QED) is 0.302. The number of nitrogens with one attached hydrogen (secondary N) is 1. The van der Waals surface area contributed by atoms with E-state index in [1.165, 1.54) is 30.7 Å². The molecule has 0 aliphatic carbocycles. The van der Waals surface area contributed by atoms with Crippen LogP contribution in [0, 0.1) is 23.3 Å². The minimum Gasteiger partial charge on any atom is -0.319 e. The van der Waals surface area contributed by atoms with Crippen LogP contribution >= 0.6 is 0 Å². The van der Waals surface area contributed by atoms with Crippen molar-refractivity contribution in [2.75, 3.05) is 5.32 Å². The van der Waals surface area contributed by atoms with E-state index in [2.05, 4.69) is 15.0 Å². The lowest BCUT2D eigenvalue weighted by Gasteiger charge is -2.11. The zero-order chi connectivity index (χ0) is 22.1. The number of fused-ring (bicyclic) bond motifs is 1. The third-order valence-electron chi connectivity index (χ3n) is 4.31. The molecule has 0 saturated heterocycles. The Labute approximate surface area is 171 Å². The smallest absolute Gasteiger partial charge is 0.255 e. The average Bonchev–Trinajstić information content (AvgIpc) is 2.77. The van der Waals surface area contributed by atoms with Gasteiger partial charge in [-0.05, 0) is 24.3 Å². The van der Waals surface area contributed by atoms with Crippen molar-refractivity contribution >= 4 is 28.4 Å². The number of hydrogen-bond acceptors (Lipinski definition) is 5. The molecule has 4 aromatic rings. The molecule has 2 aromatic carbocycles. The van der Waals surface area contributed by atoms with Crippen molar-refractivity contribution in [2.24, 2.45) is 0 Å². The Morgan fingerprint density at radius 3 is 2.32 bits per heavy atom. The standard InChI is InChI=1S/C21H10F4N4O2/c22-11-3-1-2-10(6-11)21(31)29-14-7-12(23)18(24)17(19(14)25)20(30)15-8-13-16(9-28-15)27-5-4-26-13/h1-9H,(H,29,31). The number of carbonyl (C=O) groups excluding carboxylic acids is 2. The van der Waals surface area contributed by atoms with Crippen molar-refractivity contribution in [2.45, 2.75) is 0 Å². The summed E-state index contributed by atoms with van der Waals surface area (Å²) >= 11 is 0. The number of nitrogens with zero attached hydrogens (tertiary/aromatic N) is 3. The summed E-state index contributed by atoms with van der Waals surface area (Å²) in [6.45, 7) is 0. The molecule has 0 aliphatic heterocycles. The van der Waals surface area contributed by atoms with Gasteiger partial charge in [-0.15, -0.1) is 0 Å². The second kappa shape index (κ2) is 7.90. The van der Waals surface area contributed by atoms with Gasteiger partial charge in [-0.25, -0.2) is 17.6 Å². The van der Waals surface area contributed by atoms with Gasteiger partial charge in [0.15, 0.2) is 17.5 Å². The minimum absolute atomic E-state index is 0.188. The number of hydrogen-bond donors (Lipinski definition) is 1. The lowest BCUT2D eigenvalue weighted by molar-refractivity contribution is 0.101. The molecule has 154 valence electrons. The van der Waals surface area contributed by atoms with Crippen molar-refractivity contribution in [3.8, 4) is 0 Å². The Balaban J connectivity index is 1.74. The van der Waals surface area contributed by atoms with Crippen LogP contribution in [0.5, 0.6) is 0 Å². The first-order chi connectivity index (χ1) is 14.8. The highest BCUT2D eigenvalue weighted by atomic mass is 19.2. The molecule has 2 heterocycles. The summed E-state index contributed by atoms with van der Waals surface area (Å²) in [7, 11) is 0. The van der Waals surface area contributed by atoms with E-state index in [0.717, 1.165) is 18.2 Å². The lowest BCUT2D eigenvalue weighted by atomic mass is 10.0. The monoisotopic (exact) mass is 426 g/mol. The summed E-state index contributed by atoms with van der Waals surface area (Å²) in [5.41, 5.74) is -2.06. The van der Waals surface area contributed by atoms with E-state index in [1.807, 2.05) is 5.32 Å². The number of carbonyl (C=O) groups is 2. The molecule has 0 aliphatic rings. The van der Waals surface area contributed by atoms with Crippen molar-refractivity contribution in [1.29, 1.82) is 0 Å². The van der Waals surface area contributed by atoms with Gasteiger partial charge >= 0.3 is 0 Å². The van der Waals surface area contributed by atoms with Crippen LogP contribution in [0.15, 0.2) is 55.0 Å². The number of amides is 1. The maximum atomic E-state index is 14.9. The van der Waals surface area contributed by atoms with Gasteiger partial charge in [0.2, 0.25) is 5.78 Å². The maximum Gasteiger partial charge on any atom is 0.255 e. The number of ketones is 1. The normalized spacial score (nSPS) is 10.8. The molecular formula is C21H10F4N4O2. The van der Waals surface area contributed by atoms with E-state index < -0.39 is 51.9 Å². The highest BCUT2D eigenvalue weighted by Gasteiger charge is 2.27. The second-order valence-electron chi connectivity index (χ2n) is 6.32. The van der Waals surface area contributed by atoms with Gasteiger partial charge in [0, 0.05) is 24.0 Å². The molecule has 0 atom stereocenters. The number of halogens is 4. The molecule has 0 unspecified atom stereocenters. The average molecular weight is 426 g/mol. The summed E-state index contributed by atoms with van der Waals surface area (Å²) in [6.07, 6.45) is 3.92. The largest absolute Gasteiger partial charge is 0.319 e. The van der Waals surface area contributed by atoms with Crippen LogP contribution in [-0.4, -0.2) is 26.6 Å². The third kappa shape index (κ3) is 3.82. The Morgan fingerprint density at radius 2 is 1.58 bits per heavy atom. The van der Waals surface area contributed by atoms with Gasteiger partial charge in [0.25, 0.3) is 5.91 Å². The Morgan fingerprint density at radius 1 is 0.839 bits per heavy atom. The van der Waals surface area contributed by atoms with Crippen molar-refractivity contribution in [3.63, 3.8) is 0 Å². The van der Waals surface area contributed by atoms with Crippen LogP contribution in [0.25, 0.3) is 11.0 Å². The highest BCUT2D eigenvalue weighted by Crippen LogP contribution is 2.27. The lowest BCUT2D eigenvalue weighted by Crippen LogP contribution is -2.17. The van der Waals surface area contributed by atoms with Crippen LogP contribution in [0.1, 0.15) is 26.4 Å². The van der Waals surface area contributed by atoms with Crippen molar-refractivity contribution in [3.05, 3.63) is 95.1 Å². The maximum absolute atomic E-state index is 14.9. The molecule has 1 N–H and O–H groups in total. The molecule has 0 saturated carbocycles. The fourth-order valence-electron chi connectivity index (χ4n) is 2.84. The van der Waals surface area contributed by atoms with Crippen molar-refractivity contribution in [1.82, 2.24) is 15.0 Å². The summed E-state index contributed by atoms with van der Waals surface area (Å²) in [6, 6.07) is 5.99. The Hall–Kier alpha value is -4.21. The van der Waals surface area contributed by atoms with Gasteiger partial charge < -0.3 is 5.32 Å². The molecule has 0 bridgehead atoms. The number of pyridine rings is 1. The molecule has 0 spiro atoms. The van der Waals surface area contributed by atoms with Crippen LogP contribution in [0.3, 0.4) is 0 Å². The number of rotatable bonds is 4. The van der Waals surface area contributed by atoms with Gasteiger partial charge in [0.1, 0.15) is 22.6 Å². The molecule has 10 heteroatoms. The Kier molecular flexibility index (Phi) is 5.12. The van der Waals surface area contributed by atoms with E-state index >= 15 is 0 Å².